The number of hydrogen-bond donors (Lipinski definition) is 1. The molecule has 11 heteroatoms. The highest BCUT2D eigenvalue weighted by atomic mass is 32.2. The molecule has 1 aromatic heterocycles. The van der Waals surface area contributed by atoms with Crippen LogP contribution in [0, 0.1) is 17.0 Å². The molecule has 1 amide bonds. The molecule has 0 radical (unpaired) electrons. The second-order valence-electron chi connectivity index (χ2n) is 6.80. The lowest BCUT2D eigenvalue weighted by atomic mass is 10.1. The number of carbonyl (C=O) groups is 1. The first-order chi connectivity index (χ1) is 14.7. The van der Waals surface area contributed by atoms with Gasteiger partial charge in [0.15, 0.2) is 0 Å². The van der Waals surface area contributed by atoms with Gasteiger partial charge in [-0.25, -0.2) is 13.4 Å². The molecule has 0 atom stereocenters. The SMILES string of the molecule is Cc1nccn1-c1ccccc1CNC(=O)CN(c1cccc([N+](=O)[O-])c1)S(C)(=O)=O. The van der Waals surface area contributed by atoms with Crippen LogP contribution in [0.15, 0.2) is 60.9 Å². The van der Waals surface area contributed by atoms with Crippen LogP contribution in [0.25, 0.3) is 5.69 Å². The van der Waals surface area contributed by atoms with Gasteiger partial charge in [0.1, 0.15) is 12.4 Å². The molecule has 0 saturated carbocycles. The third-order valence-corrected chi connectivity index (χ3v) is 5.71. The van der Waals surface area contributed by atoms with Crippen LogP contribution in [0.5, 0.6) is 0 Å². The standard InChI is InChI=1S/C20H21N5O5S/c1-15-21-10-11-23(15)19-9-4-3-6-16(19)13-22-20(26)14-24(31(2,29)30)17-7-5-8-18(12-17)25(27)28/h3-12H,13-14H2,1-2H3,(H,22,26). The molecular formula is C20H21N5O5S. The summed E-state index contributed by atoms with van der Waals surface area (Å²) in [7, 11) is -3.85. The zero-order valence-electron chi connectivity index (χ0n) is 16.9. The van der Waals surface area contributed by atoms with Gasteiger partial charge in [-0.3, -0.25) is 19.2 Å². The number of benzene rings is 2. The Balaban J connectivity index is 1.77. The van der Waals surface area contributed by atoms with E-state index < -0.39 is 27.4 Å². The molecule has 162 valence electrons. The molecule has 0 aliphatic heterocycles. The molecule has 0 fully saturated rings. The number of para-hydroxylation sites is 1. The van der Waals surface area contributed by atoms with Gasteiger partial charge in [0.05, 0.1) is 22.6 Å². The van der Waals surface area contributed by atoms with Crippen molar-refractivity contribution < 1.29 is 18.1 Å². The zero-order valence-corrected chi connectivity index (χ0v) is 17.7. The molecule has 0 spiro atoms. The molecule has 1 heterocycles. The summed E-state index contributed by atoms with van der Waals surface area (Å²) in [6.45, 7) is 1.52. The van der Waals surface area contributed by atoms with E-state index in [-0.39, 0.29) is 17.9 Å². The number of nitro groups is 1. The van der Waals surface area contributed by atoms with Gasteiger partial charge in [0, 0.05) is 31.1 Å². The predicted octanol–water partition coefficient (Wildman–Crippen LogP) is 2.17. The first-order valence-electron chi connectivity index (χ1n) is 9.24. The van der Waals surface area contributed by atoms with E-state index in [0.29, 0.717) is 0 Å². The normalized spacial score (nSPS) is 11.2. The number of nitrogens with zero attached hydrogens (tertiary/aromatic N) is 4. The molecular weight excluding hydrogens is 422 g/mol. The molecule has 31 heavy (non-hydrogen) atoms. The van der Waals surface area contributed by atoms with Gasteiger partial charge in [-0.1, -0.05) is 24.3 Å². The highest BCUT2D eigenvalue weighted by Crippen LogP contribution is 2.23. The monoisotopic (exact) mass is 443 g/mol. The number of amides is 1. The lowest BCUT2D eigenvalue weighted by molar-refractivity contribution is -0.384. The molecule has 0 aliphatic rings. The Morgan fingerprint density at radius 2 is 1.97 bits per heavy atom. The number of non-ortho nitro benzene ring substituents is 1. The molecule has 0 unspecified atom stereocenters. The Morgan fingerprint density at radius 3 is 2.61 bits per heavy atom. The number of sulfonamides is 1. The second-order valence-corrected chi connectivity index (χ2v) is 8.70. The smallest absolute Gasteiger partial charge is 0.271 e. The Hall–Kier alpha value is -3.73. The van der Waals surface area contributed by atoms with Crippen molar-refractivity contribution in [3.8, 4) is 5.69 Å². The van der Waals surface area contributed by atoms with Gasteiger partial charge in [-0.2, -0.15) is 0 Å². The molecule has 3 aromatic rings. The predicted molar refractivity (Wildman–Crippen MR) is 115 cm³/mol. The van der Waals surface area contributed by atoms with Gasteiger partial charge in [-0.05, 0) is 24.6 Å². The quantitative estimate of drug-likeness (QED) is 0.420. The van der Waals surface area contributed by atoms with Gasteiger partial charge in [0.25, 0.3) is 5.69 Å². The van der Waals surface area contributed by atoms with Crippen molar-refractivity contribution in [2.45, 2.75) is 13.5 Å². The lowest BCUT2D eigenvalue weighted by Crippen LogP contribution is -2.40. The molecule has 0 saturated heterocycles. The fraction of sp³-hybridized carbons (Fsp3) is 0.200. The summed E-state index contributed by atoms with van der Waals surface area (Å²) in [5, 5.41) is 13.7. The van der Waals surface area contributed by atoms with E-state index in [4.69, 9.17) is 0 Å². The number of aromatic nitrogens is 2. The maximum Gasteiger partial charge on any atom is 0.271 e. The van der Waals surface area contributed by atoms with Crippen molar-refractivity contribution in [2.75, 3.05) is 17.1 Å². The summed E-state index contributed by atoms with van der Waals surface area (Å²) in [5.41, 5.74) is 1.44. The van der Waals surface area contributed by atoms with Crippen LogP contribution in [0.4, 0.5) is 11.4 Å². The summed E-state index contributed by atoms with van der Waals surface area (Å²) in [5.74, 6) is 0.238. The fourth-order valence-electron chi connectivity index (χ4n) is 3.07. The summed E-state index contributed by atoms with van der Waals surface area (Å²) < 4.78 is 27.2. The summed E-state index contributed by atoms with van der Waals surface area (Å²) in [4.78, 5) is 27.1. The highest BCUT2D eigenvalue weighted by Gasteiger charge is 2.22. The Morgan fingerprint density at radius 1 is 1.23 bits per heavy atom. The van der Waals surface area contributed by atoms with Crippen LogP contribution in [-0.4, -0.2) is 41.6 Å². The zero-order chi connectivity index (χ0) is 22.6. The maximum atomic E-state index is 12.6. The Kier molecular flexibility index (Phi) is 6.35. The van der Waals surface area contributed by atoms with E-state index in [9.17, 15) is 23.3 Å². The van der Waals surface area contributed by atoms with Crippen molar-refractivity contribution >= 4 is 27.3 Å². The Bertz CT molecular complexity index is 1220. The number of anilines is 1. The van der Waals surface area contributed by atoms with Gasteiger partial charge >= 0.3 is 0 Å². The van der Waals surface area contributed by atoms with Crippen molar-refractivity contribution in [1.82, 2.24) is 14.9 Å². The van der Waals surface area contributed by atoms with E-state index in [2.05, 4.69) is 10.3 Å². The third-order valence-electron chi connectivity index (χ3n) is 4.57. The van der Waals surface area contributed by atoms with Gasteiger partial charge in [-0.15, -0.1) is 0 Å². The number of rotatable bonds is 8. The minimum atomic E-state index is -3.85. The molecule has 3 rings (SSSR count). The Labute approximate surface area is 179 Å². The van der Waals surface area contributed by atoms with Gasteiger partial charge in [0.2, 0.25) is 15.9 Å². The summed E-state index contributed by atoms with van der Waals surface area (Å²) in [6.07, 6.45) is 4.42. The number of nitro benzene ring substituents is 1. The number of nitrogens with one attached hydrogen (secondary N) is 1. The molecule has 0 aliphatic carbocycles. The first-order valence-corrected chi connectivity index (χ1v) is 11.1. The second kappa shape index (κ2) is 8.96. The number of aryl methyl sites for hydroxylation is 1. The molecule has 10 nitrogen and oxygen atoms in total. The minimum absolute atomic E-state index is 0.0429. The van der Waals surface area contributed by atoms with E-state index in [1.807, 2.05) is 42.0 Å². The van der Waals surface area contributed by atoms with Crippen molar-refractivity contribution in [1.29, 1.82) is 0 Å². The molecule has 2 aromatic carbocycles. The lowest BCUT2D eigenvalue weighted by Gasteiger charge is -2.22. The molecule has 0 bridgehead atoms. The average Bonchev–Trinajstić information content (AvgIpc) is 3.15. The largest absolute Gasteiger partial charge is 0.350 e. The van der Waals surface area contributed by atoms with Crippen LogP contribution in [0.3, 0.4) is 0 Å². The van der Waals surface area contributed by atoms with E-state index in [1.54, 1.807) is 6.20 Å². The topological polar surface area (TPSA) is 127 Å². The third kappa shape index (κ3) is 5.25. The number of carbonyl (C=O) groups excluding carboxylic acids is 1. The number of imidazole rings is 1. The van der Waals surface area contributed by atoms with Gasteiger partial charge < -0.3 is 9.88 Å². The molecule has 1 N–H and O–H groups in total. The van der Waals surface area contributed by atoms with Crippen LogP contribution < -0.4 is 9.62 Å². The van der Waals surface area contributed by atoms with Crippen molar-refractivity contribution in [2.24, 2.45) is 0 Å². The average molecular weight is 443 g/mol. The van der Waals surface area contributed by atoms with Crippen LogP contribution in [0.2, 0.25) is 0 Å². The highest BCUT2D eigenvalue weighted by molar-refractivity contribution is 7.92. The first kappa shape index (κ1) is 22.0. The summed E-state index contributed by atoms with van der Waals surface area (Å²) >= 11 is 0. The van der Waals surface area contributed by atoms with Crippen molar-refractivity contribution in [3.05, 3.63) is 82.4 Å². The van der Waals surface area contributed by atoms with Crippen LogP contribution in [-0.2, 0) is 21.4 Å². The van der Waals surface area contributed by atoms with Crippen molar-refractivity contribution in [3.63, 3.8) is 0 Å². The van der Waals surface area contributed by atoms with Crippen LogP contribution >= 0.6 is 0 Å². The van der Waals surface area contributed by atoms with Crippen LogP contribution in [0.1, 0.15) is 11.4 Å². The fourth-order valence-corrected chi connectivity index (χ4v) is 3.92. The minimum Gasteiger partial charge on any atom is -0.350 e. The van der Waals surface area contributed by atoms with E-state index in [1.165, 1.54) is 18.2 Å². The number of hydrogen-bond acceptors (Lipinski definition) is 6. The summed E-state index contributed by atoms with van der Waals surface area (Å²) in [6, 6.07) is 12.6. The van der Waals surface area contributed by atoms with E-state index >= 15 is 0 Å². The van der Waals surface area contributed by atoms with E-state index in [0.717, 1.165) is 33.7 Å². The maximum absolute atomic E-state index is 12.6.